The van der Waals surface area contributed by atoms with Gasteiger partial charge in [0.2, 0.25) is 0 Å². The molecule has 2 aliphatic heterocycles. The van der Waals surface area contributed by atoms with E-state index in [0.29, 0.717) is 11.3 Å². The van der Waals surface area contributed by atoms with E-state index >= 15 is 0 Å². The van der Waals surface area contributed by atoms with Crippen LogP contribution in [0.5, 0.6) is 5.75 Å². The van der Waals surface area contributed by atoms with Crippen molar-refractivity contribution in [2.24, 2.45) is 0 Å². The number of ether oxygens (including phenoxy) is 1. The first-order valence-electron chi connectivity index (χ1n) is 8.75. The lowest BCUT2D eigenvalue weighted by atomic mass is 9.96. The van der Waals surface area contributed by atoms with E-state index < -0.39 is 5.25 Å². The summed E-state index contributed by atoms with van der Waals surface area (Å²) in [7, 11) is 0. The summed E-state index contributed by atoms with van der Waals surface area (Å²) in [6.07, 6.45) is 1.93. The van der Waals surface area contributed by atoms with E-state index in [9.17, 15) is 4.79 Å². The number of likely N-dealkylation sites (tertiary alicyclic amines) is 1. The molecule has 0 aliphatic carbocycles. The summed E-state index contributed by atoms with van der Waals surface area (Å²) >= 11 is 14.1. The Morgan fingerprint density at radius 2 is 1.85 bits per heavy atom. The molecule has 0 bridgehead atoms. The fourth-order valence-electron chi connectivity index (χ4n) is 3.43. The highest BCUT2D eigenvalue weighted by molar-refractivity contribution is 9.11. The number of hydrogen-bond donors (Lipinski definition) is 0. The monoisotopic (exact) mass is 525 g/mol. The van der Waals surface area contributed by atoms with Crippen LogP contribution >= 0.6 is 55.8 Å². The number of halogens is 2. The summed E-state index contributed by atoms with van der Waals surface area (Å²) in [5.41, 5.74) is 1.57. The molecule has 7 heteroatoms. The first-order valence-corrected chi connectivity index (χ1v) is 11.6. The first kappa shape index (κ1) is 19.4. The van der Waals surface area contributed by atoms with Crippen molar-refractivity contribution in [1.82, 2.24) is 4.90 Å². The molecule has 1 saturated heterocycles. The number of carbonyl (C=O) groups excluding carboxylic acids is 1. The number of benzene rings is 2. The van der Waals surface area contributed by atoms with E-state index in [2.05, 4.69) is 36.8 Å². The number of hydrogen-bond acceptors (Lipinski definition) is 4. The summed E-state index contributed by atoms with van der Waals surface area (Å²) in [6.45, 7) is 1.94. The van der Waals surface area contributed by atoms with Crippen LogP contribution < -0.4 is 4.74 Å². The molecule has 0 spiro atoms. The number of thiocarbonyl (C=S) groups is 1. The molecule has 0 saturated carbocycles. The topological polar surface area (TPSA) is 29.5 Å². The van der Waals surface area contributed by atoms with Gasteiger partial charge in [0, 0.05) is 17.6 Å². The predicted molar refractivity (Wildman–Crippen MR) is 121 cm³/mol. The summed E-state index contributed by atoms with van der Waals surface area (Å²) < 4.78 is 8.76. The van der Waals surface area contributed by atoms with Crippen LogP contribution in [0, 0.1) is 0 Å². The largest absolute Gasteiger partial charge is 0.482 e. The predicted octanol–water partition coefficient (Wildman–Crippen LogP) is 6.01. The van der Waals surface area contributed by atoms with E-state index in [0.717, 1.165) is 44.8 Å². The average Bonchev–Trinajstić information content (AvgIpc) is 3.20. The van der Waals surface area contributed by atoms with Gasteiger partial charge in [-0.05, 0) is 46.5 Å². The molecular weight excluding hydrogens is 510 g/mol. The second kappa shape index (κ2) is 8.23. The van der Waals surface area contributed by atoms with Gasteiger partial charge in [-0.25, -0.2) is 0 Å². The van der Waals surface area contributed by atoms with Crippen LogP contribution in [-0.4, -0.2) is 33.3 Å². The molecule has 2 aliphatic rings. The number of Topliss-reactive ketones (excluding diaryl/α,β-unsaturated/α-hetero) is 1. The Morgan fingerprint density at radius 3 is 2.56 bits per heavy atom. The van der Waals surface area contributed by atoms with E-state index in [1.165, 1.54) is 11.8 Å². The Labute approximate surface area is 185 Å². The van der Waals surface area contributed by atoms with Gasteiger partial charge < -0.3 is 9.64 Å². The van der Waals surface area contributed by atoms with E-state index in [-0.39, 0.29) is 11.9 Å². The van der Waals surface area contributed by atoms with Crippen molar-refractivity contribution < 1.29 is 9.53 Å². The smallest absolute Gasteiger partial charge is 0.184 e. The zero-order valence-electron chi connectivity index (χ0n) is 14.4. The highest BCUT2D eigenvalue weighted by atomic mass is 79.9. The average molecular weight is 527 g/mol. The number of carbonyl (C=O) groups is 1. The first-order chi connectivity index (χ1) is 13.0. The maximum Gasteiger partial charge on any atom is 0.184 e. The number of nitrogens with zero attached hydrogens (tertiary/aromatic N) is 1. The standard InChI is InChI=1S/C20H17Br2NO2S2/c21-13-10-14-16(24)19(27-20(26)23-8-4-5-9-23)17(12-6-2-1-3-7-12)25-18(14)15(22)11-13/h1-3,6-7,10-11,17,19H,4-5,8-9H2/t17-,19+/m0/s1. The lowest BCUT2D eigenvalue weighted by Crippen LogP contribution is -2.37. The molecular formula is C20H17Br2NO2S2. The van der Waals surface area contributed by atoms with Crippen molar-refractivity contribution in [3.05, 3.63) is 62.5 Å². The van der Waals surface area contributed by atoms with Gasteiger partial charge in [-0.3, -0.25) is 4.79 Å². The van der Waals surface area contributed by atoms with Crippen molar-refractivity contribution in [2.45, 2.75) is 24.2 Å². The Morgan fingerprint density at radius 1 is 1.15 bits per heavy atom. The third-order valence-corrected chi connectivity index (χ3v) is 7.54. The molecule has 140 valence electrons. The molecule has 0 aromatic heterocycles. The number of rotatable bonds is 2. The van der Waals surface area contributed by atoms with Gasteiger partial charge in [0.05, 0.1) is 10.0 Å². The third kappa shape index (κ3) is 3.97. The van der Waals surface area contributed by atoms with Crippen LogP contribution in [-0.2, 0) is 0 Å². The Balaban J connectivity index is 1.72. The lowest BCUT2D eigenvalue weighted by Gasteiger charge is -2.34. The van der Waals surface area contributed by atoms with Gasteiger partial charge in [-0.15, -0.1) is 0 Å². The van der Waals surface area contributed by atoms with Crippen LogP contribution in [0.3, 0.4) is 0 Å². The maximum atomic E-state index is 13.4. The van der Waals surface area contributed by atoms with Gasteiger partial charge in [0.25, 0.3) is 0 Å². The molecule has 1 fully saturated rings. The molecule has 0 radical (unpaired) electrons. The quantitative estimate of drug-likeness (QED) is 0.447. The van der Waals surface area contributed by atoms with Crippen molar-refractivity contribution in [2.75, 3.05) is 13.1 Å². The summed E-state index contributed by atoms with van der Waals surface area (Å²) in [5.74, 6) is 0.652. The fourth-order valence-corrected chi connectivity index (χ4v) is 6.36. The molecule has 2 atom stereocenters. The third-order valence-electron chi connectivity index (χ3n) is 4.77. The molecule has 2 heterocycles. The zero-order chi connectivity index (χ0) is 19.0. The number of fused-ring (bicyclic) bond motifs is 1. The molecule has 0 unspecified atom stereocenters. The molecule has 0 amide bonds. The summed E-state index contributed by atoms with van der Waals surface area (Å²) in [6, 6.07) is 13.6. The van der Waals surface area contributed by atoms with Crippen LogP contribution in [0.2, 0.25) is 0 Å². The van der Waals surface area contributed by atoms with Crippen molar-refractivity contribution in [3.63, 3.8) is 0 Å². The molecule has 27 heavy (non-hydrogen) atoms. The normalized spacial score (nSPS) is 21.7. The van der Waals surface area contributed by atoms with Gasteiger partial charge in [-0.2, -0.15) is 0 Å². The maximum absolute atomic E-state index is 13.4. The second-order valence-electron chi connectivity index (χ2n) is 6.58. The lowest BCUT2D eigenvalue weighted by molar-refractivity contribution is 0.0866. The van der Waals surface area contributed by atoms with E-state index in [1.807, 2.05) is 42.5 Å². The van der Waals surface area contributed by atoms with Crippen LogP contribution in [0.25, 0.3) is 0 Å². The Kier molecular flexibility index (Phi) is 5.92. The summed E-state index contributed by atoms with van der Waals surface area (Å²) in [4.78, 5) is 15.6. The zero-order valence-corrected chi connectivity index (χ0v) is 19.2. The van der Waals surface area contributed by atoms with Gasteiger partial charge in [-0.1, -0.05) is 70.2 Å². The van der Waals surface area contributed by atoms with Crippen LogP contribution in [0.1, 0.15) is 34.9 Å². The van der Waals surface area contributed by atoms with Crippen LogP contribution in [0.4, 0.5) is 0 Å². The second-order valence-corrected chi connectivity index (χ2v) is 10.1. The number of ketones is 1. The van der Waals surface area contributed by atoms with Gasteiger partial charge in [0.15, 0.2) is 5.78 Å². The molecule has 2 aromatic rings. The minimum absolute atomic E-state index is 0.0543. The van der Waals surface area contributed by atoms with Gasteiger partial charge >= 0.3 is 0 Å². The van der Waals surface area contributed by atoms with E-state index in [1.54, 1.807) is 0 Å². The Bertz CT molecular complexity index is 885. The minimum Gasteiger partial charge on any atom is -0.482 e. The van der Waals surface area contributed by atoms with Crippen molar-refractivity contribution in [3.8, 4) is 5.75 Å². The minimum atomic E-state index is -0.408. The Hall–Kier alpha value is -0.890. The summed E-state index contributed by atoms with van der Waals surface area (Å²) in [5, 5.41) is -0.408. The molecule has 2 aromatic carbocycles. The molecule has 3 nitrogen and oxygen atoms in total. The van der Waals surface area contributed by atoms with Crippen molar-refractivity contribution in [1.29, 1.82) is 0 Å². The van der Waals surface area contributed by atoms with Gasteiger partial charge in [0.1, 0.15) is 21.4 Å². The highest BCUT2D eigenvalue weighted by Crippen LogP contribution is 2.45. The highest BCUT2D eigenvalue weighted by Gasteiger charge is 2.41. The van der Waals surface area contributed by atoms with E-state index in [4.69, 9.17) is 17.0 Å². The van der Waals surface area contributed by atoms with Crippen LogP contribution in [0.15, 0.2) is 51.4 Å². The SMILES string of the molecule is O=C1c2cc(Br)cc(Br)c2O[C@@H](c2ccccc2)[C@@H]1SC(=S)N1CCCC1. The van der Waals surface area contributed by atoms with Crippen molar-refractivity contribution >= 4 is 65.9 Å². The fraction of sp³-hybridized carbons (Fsp3) is 0.300. The molecule has 0 N–H and O–H groups in total. The molecule has 4 rings (SSSR count). The number of thioether (sulfide) groups is 1.